The summed E-state index contributed by atoms with van der Waals surface area (Å²) in [5.41, 5.74) is 2.01. The molecule has 3 aromatic carbocycles. The van der Waals surface area contributed by atoms with Crippen LogP contribution in [0.4, 0.5) is 0 Å². The molecule has 0 saturated carbocycles. The van der Waals surface area contributed by atoms with Gasteiger partial charge in [-0.05, 0) is 85.3 Å². The van der Waals surface area contributed by atoms with Gasteiger partial charge >= 0.3 is 0 Å². The summed E-state index contributed by atoms with van der Waals surface area (Å²) in [6, 6.07) is 27.9. The number of pyridine rings is 1. The number of nitrogens with one attached hydrogen (secondary N) is 1. The Balaban J connectivity index is 1.52. The van der Waals surface area contributed by atoms with Crippen LogP contribution in [0.3, 0.4) is 0 Å². The molecule has 1 unspecified atom stereocenters. The zero-order valence-electron chi connectivity index (χ0n) is 21.7. The SMILES string of the molecule is C=C[C@H]1CN2CC[C@H]1C[C@H]2[C@@H](NP(=O)(c1ccccc1)c1ccccc1)c1ccnc2ccc(OC)cc12. The van der Waals surface area contributed by atoms with Crippen molar-refractivity contribution in [3.63, 3.8) is 0 Å². The molecule has 4 aromatic rings. The smallest absolute Gasteiger partial charge is 0.205 e. The Kier molecular flexibility index (Phi) is 6.92. The van der Waals surface area contributed by atoms with Crippen molar-refractivity contribution in [2.75, 3.05) is 20.2 Å². The summed E-state index contributed by atoms with van der Waals surface area (Å²) in [5, 5.41) is 6.47. The number of fused-ring (bicyclic) bond motifs is 4. The maximum atomic E-state index is 15.2. The van der Waals surface area contributed by atoms with Crippen molar-refractivity contribution in [2.45, 2.75) is 24.9 Å². The van der Waals surface area contributed by atoms with Crippen LogP contribution in [0.1, 0.15) is 24.4 Å². The van der Waals surface area contributed by atoms with Crippen molar-refractivity contribution < 1.29 is 9.30 Å². The van der Waals surface area contributed by atoms with Crippen molar-refractivity contribution in [2.24, 2.45) is 11.8 Å². The molecule has 1 N–H and O–H groups in total. The third-order valence-corrected chi connectivity index (χ3v) is 11.1. The molecule has 5 nitrogen and oxygen atoms in total. The molecule has 38 heavy (non-hydrogen) atoms. The summed E-state index contributed by atoms with van der Waals surface area (Å²) in [4.78, 5) is 7.23. The number of hydrogen-bond acceptors (Lipinski definition) is 4. The van der Waals surface area contributed by atoms with Crippen molar-refractivity contribution in [1.82, 2.24) is 15.0 Å². The number of benzene rings is 3. The highest BCUT2D eigenvalue weighted by atomic mass is 31.2. The van der Waals surface area contributed by atoms with Gasteiger partial charge in [-0.1, -0.05) is 42.5 Å². The van der Waals surface area contributed by atoms with E-state index >= 15 is 4.57 Å². The first-order chi connectivity index (χ1) is 18.6. The minimum absolute atomic E-state index is 0.174. The van der Waals surface area contributed by atoms with Crippen LogP contribution in [-0.2, 0) is 4.57 Å². The lowest BCUT2D eigenvalue weighted by Gasteiger charge is -2.52. The van der Waals surface area contributed by atoms with Crippen molar-refractivity contribution >= 4 is 28.8 Å². The second-order valence-corrected chi connectivity index (χ2v) is 12.9. The van der Waals surface area contributed by atoms with Gasteiger partial charge in [0.2, 0.25) is 7.29 Å². The van der Waals surface area contributed by atoms with Gasteiger partial charge in [-0.25, -0.2) is 0 Å². The van der Waals surface area contributed by atoms with Crippen LogP contribution in [0.5, 0.6) is 5.75 Å². The van der Waals surface area contributed by atoms with E-state index in [1.165, 1.54) is 6.42 Å². The summed E-state index contributed by atoms with van der Waals surface area (Å²) in [6.45, 7) is 6.16. The fraction of sp³-hybridized carbons (Fsp3) is 0.281. The highest BCUT2D eigenvalue weighted by Gasteiger charge is 2.45. The zero-order valence-corrected chi connectivity index (χ0v) is 22.6. The number of rotatable bonds is 8. The number of hydrogen-bond donors (Lipinski definition) is 1. The molecule has 0 radical (unpaired) electrons. The monoisotopic (exact) mass is 523 g/mol. The predicted octanol–water partition coefficient (Wildman–Crippen LogP) is 5.70. The molecule has 194 valence electrons. The lowest BCUT2D eigenvalue weighted by molar-refractivity contribution is 0.00490. The third-order valence-electron chi connectivity index (χ3n) is 8.42. The van der Waals surface area contributed by atoms with Gasteiger partial charge in [0.25, 0.3) is 0 Å². The van der Waals surface area contributed by atoms with Crippen LogP contribution in [0.2, 0.25) is 0 Å². The molecule has 2 bridgehead atoms. The molecule has 0 aliphatic carbocycles. The Morgan fingerprint density at radius 2 is 1.76 bits per heavy atom. The van der Waals surface area contributed by atoms with Gasteiger partial charge in [0.05, 0.1) is 18.7 Å². The normalized spacial score (nSPS) is 23.7. The lowest BCUT2D eigenvalue weighted by atomic mass is 9.73. The maximum absolute atomic E-state index is 15.2. The summed E-state index contributed by atoms with van der Waals surface area (Å²) >= 11 is 0. The molecule has 0 amide bonds. The number of methoxy groups -OCH3 is 1. The second kappa shape index (κ2) is 10.5. The predicted molar refractivity (Wildman–Crippen MR) is 156 cm³/mol. The van der Waals surface area contributed by atoms with Crippen molar-refractivity contribution in [3.8, 4) is 5.75 Å². The van der Waals surface area contributed by atoms with Gasteiger partial charge in [0, 0.05) is 34.8 Å². The first-order valence-corrected chi connectivity index (χ1v) is 15.1. The van der Waals surface area contributed by atoms with E-state index in [2.05, 4.69) is 39.8 Å². The van der Waals surface area contributed by atoms with Gasteiger partial charge < -0.3 is 4.74 Å². The number of aromatic nitrogens is 1. The Bertz CT molecular complexity index is 1430. The Morgan fingerprint density at radius 3 is 2.37 bits per heavy atom. The quantitative estimate of drug-likeness (QED) is 0.237. The summed E-state index contributed by atoms with van der Waals surface area (Å²) in [7, 11) is -1.51. The summed E-state index contributed by atoms with van der Waals surface area (Å²) in [6.07, 6.45) is 6.21. The molecule has 6 heteroatoms. The molecule has 3 saturated heterocycles. The molecular weight excluding hydrogens is 489 g/mol. The molecule has 4 heterocycles. The van der Waals surface area contributed by atoms with E-state index in [1.807, 2.05) is 79.0 Å². The van der Waals surface area contributed by atoms with Gasteiger partial charge in [0.15, 0.2) is 0 Å². The van der Waals surface area contributed by atoms with E-state index < -0.39 is 7.29 Å². The fourth-order valence-electron chi connectivity index (χ4n) is 6.40. The van der Waals surface area contributed by atoms with E-state index in [4.69, 9.17) is 4.74 Å². The van der Waals surface area contributed by atoms with Crippen LogP contribution >= 0.6 is 7.29 Å². The Hall–Kier alpha value is -3.24. The molecule has 3 fully saturated rings. The van der Waals surface area contributed by atoms with Crippen molar-refractivity contribution in [1.29, 1.82) is 0 Å². The molecule has 5 atom stereocenters. The average Bonchev–Trinajstić information content (AvgIpc) is 3.00. The highest BCUT2D eigenvalue weighted by molar-refractivity contribution is 7.76. The van der Waals surface area contributed by atoms with Gasteiger partial charge in [-0.2, -0.15) is 0 Å². The minimum Gasteiger partial charge on any atom is -0.497 e. The van der Waals surface area contributed by atoms with Crippen LogP contribution in [-0.4, -0.2) is 36.1 Å². The van der Waals surface area contributed by atoms with Gasteiger partial charge in [-0.3, -0.25) is 19.5 Å². The van der Waals surface area contributed by atoms with Gasteiger partial charge in [0.1, 0.15) is 5.75 Å². The molecule has 3 aliphatic heterocycles. The Labute approximate surface area is 225 Å². The summed E-state index contributed by atoms with van der Waals surface area (Å²) < 4.78 is 20.8. The fourth-order valence-corrected chi connectivity index (χ4v) is 8.88. The van der Waals surface area contributed by atoms with Crippen LogP contribution in [0.25, 0.3) is 10.9 Å². The molecule has 1 aromatic heterocycles. The topological polar surface area (TPSA) is 54.5 Å². The van der Waals surface area contributed by atoms with Crippen molar-refractivity contribution in [3.05, 3.63) is 109 Å². The van der Waals surface area contributed by atoms with E-state index in [9.17, 15) is 0 Å². The number of ether oxygens (including phenoxy) is 1. The second-order valence-electron chi connectivity index (χ2n) is 10.4. The Morgan fingerprint density at radius 1 is 1.05 bits per heavy atom. The van der Waals surface area contributed by atoms with E-state index in [1.54, 1.807) is 7.11 Å². The minimum atomic E-state index is -3.20. The molecule has 7 rings (SSSR count). The third kappa shape index (κ3) is 4.49. The van der Waals surface area contributed by atoms with Crippen LogP contribution < -0.4 is 20.4 Å². The maximum Gasteiger partial charge on any atom is 0.205 e. The van der Waals surface area contributed by atoms with E-state index in [0.29, 0.717) is 11.8 Å². The van der Waals surface area contributed by atoms with Crippen LogP contribution in [0, 0.1) is 11.8 Å². The number of piperidine rings is 3. The molecular formula is C32H34N3O2P. The highest BCUT2D eigenvalue weighted by Crippen LogP contribution is 2.48. The lowest BCUT2D eigenvalue weighted by Crippen LogP contribution is -2.57. The summed E-state index contributed by atoms with van der Waals surface area (Å²) in [5.74, 6) is 1.88. The van der Waals surface area contributed by atoms with E-state index in [0.717, 1.165) is 52.3 Å². The molecule has 0 spiro atoms. The first kappa shape index (κ1) is 25.1. The van der Waals surface area contributed by atoms with Gasteiger partial charge in [-0.15, -0.1) is 6.58 Å². The average molecular weight is 524 g/mol. The first-order valence-electron chi connectivity index (χ1n) is 13.4. The standard InChI is InChI=1S/C32H34N3O2P/c1-3-23-22-35-19-17-24(23)20-31(35)32(28-16-18-33-30-15-14-25(37-2)21-29(28)30)34-38(36,26-10-6-4-7-11-26)27-12-8-5-9-13-27/h3-16,18,21,23-24,31-32H,1,17,19-20,22H2,2H3,(H,34,36)/t23-,24-,31-,32-/m0/s1. The number of nitrogens with zero attached hydrogens (tertiary/aromatic N) is 2. The zero-order chi connectivity index (χ0) is 26.1. The van der Waals surface area contributed by atoms with E-state index in [-0.39, 0.29) is 12.1 Å². The largest absolute Gasteiger partial charge is 0.497 e. The van der Waals surface area contributed by atoms with Crippen LogP contribution in [0.15, 0.2) is 104 Å². The molecule has 3 aliphatic rings.